The van der Waals surface area contributed by atoms with Crippen LogP contribution in [0.4, 0.5) is 0 Å². The molecule has 1 heterocycles. The molecule has 0 amide bonds. The van der Waals surface area contributed by atoms with Crippen LogP contribution in [0.25, 0.3) is 0 Å². The molecule has 1 aromatic heterocycles. The molecular weight excluding hydrogens is 336 g/mol. The number of carbonyl (C=O) groups excluding carboxylic acids is 3. The van der Waals surface area contributed by atoms with E-state index >= 15 is 0 Å². The van der Waals surface area contributed by atoms with Gasteiger partial charge in [0.2, 0.25) is 0 Å². The van der Waals surface area contributed by atoms with Gasteiger partial charge in [-0.15, -0.1) is 0 Å². The summed E-state index contributed by atoms with van der Waals surface area (Å²) in [5, 5.41) is 9.62. The number of ether oxygens (including phenoxy) is 3. The number of hydrogen-bond donors (Lipinski definition) is 2. The largest absolute Gasteiger partial charge is 0.463 e. The van der Waals surface area contributed by atoms with E-state index in [1.54, 1.807) is 6.92 Å². The number of rotatable bonds is 10. The minimum Gasteiger partial charge on any atom is -0.463 e. The maximum atomic E-state index is 11.7. The van der Waals surface area contributed by atoms with Gasteiger partial charge in [-0.2, -0.15) is 0 Å². The Hall–Kier alpha value is -2.72. The van der Waals surface area contributed by atoms with Crippen LogP contribution < -0.4 is 5.73 Å². The van der Waals surface area contributed by atoms with Crippen molar-refractivity contribution < 1.29 is 38.1 Å². The summed E-state index contributed by atoms with van der Waals surface area (Å²) in [5.41, 5.74) is 5.31. The predicted molar refractivity (Wildman–Crippen MR) is 82.0 cm³/mol. The Morgan fingerprint density at radius 1 is 1.36 bits per heavy atom. The summed E-state index contributed by atoms with van der Waals surface area (Å²) in [6.07, 6.45) is 0.966. The molecule has 0 bridgehead atoms. The van der Waals surface area contributed by atoms with Gasteiger partial charge in [0, 0.05) is 12.6 Å². The van der Waals surface area contributed by atoms with Crippen LogP contribution in [-0.4, -0.2) is 53.9 Å². The van der Waals surface area contributed by atoms with Crippen molar-refractivity contribution >= 4 is 17.9 Å². The number of hydrogen-bond acceptors (Lipinski definition) is 10. The third kappa shape index (κ3) is 7.14. The third-order valence-corrected chi connectivity index (χ3v) is 2.83. The number of aliphatic hydroxyl groups is 1. The summed E-state index contributed by atoms with van der Waals surface area (Å²) < 4.78 is 19.3. The van der Waals surface area contributed by atoms with E-state index in [9.17, 15) is 19.5 Å². The summed E-state index contributed by atoms with van der Waals surface area (Å²) >= 11 is 0. The molecule has 1 rings (SSSR count). The van der Waals surface area contributed by atoms with Crippen molar-refractivity contribution in [2.24, 2.45) is 11.7 Å². The number of oxazole rings is 1. The van der Waals surface area contributed by atoms with Gasteiger partial charge in [0.05, 0.1) is 12.1 Å². The molecule has 138 valence electrons. The van der Waals surface area contributed by atoms with Gasteiger partial charge >= 0.3 is 23.8 Å². The first-order valence-electron chi connectivity index (χ1n) is 7.33. The van der Waals surface area contributed by atoms with E-state index in [4.69, 9.17) is 24.4 Å². The van der Waals surface area contributed by atoms with Crippen molar-refractivity contribution in [3.8, 4) is 0 Å². The zero-order valence-corrected chi connectivity index (χ0v) is 13.7. The fraction of sp³-hybridized carbons (Fsp3) is 0.467. The Kier molecular flexibility index (Phi) is 8.30. The van der Waals surface area contributed by atoms with Crippen LogP contribution in [0.2, 0.25) is 0 Å². The van der Waals surface area contributed by atoms with Crippen LogP contribution >= 0.6 is 0 Å². The molecule has 0 aromatic carbocycles. The topological polar surface area (TPSA) is 151 Å². The van der Waals surface area contributed by atoms with Gasteiger partial charge in [0.1, 0.15) is 19.3 Å². The Balaban J connectivity index is 2.36. The second kappa shape index (κ2) is 10.2. The first-order chi connectivity index (χ1) is 11.9. The summed E-state index contributed by atoms with van der Waals surface area (Å²) in [7, 11) is 0. The highest BCUT2D eigenvalue weighted by Gasteiger charge is 2.19. The molecule has 0 saturated carbocycles. The fourth-order valence-electron chi connectivity index (χ4n) is 1.37. The van der Waals surface area contributed by atoms with E-state index in [1.807, 2.05) is 0 Å². The summed E-state index contributed by atoms with van der Waals surface area (Å²) in [6.45, 7) is 3.95. The van der Waals surface area contributed by atoms with Gasteiger partial charge in [-0.05, 0) is 0 Å². The van der Waals surface area contributed by atoms with Crippen molar-refractivity contribution in [3.63, 3.8) is 0 Å². The molecule has 0 radical (unpaired) electrons. The molecule has 0 aliphatic carbocycles. The van der Waals surface area contributed by atoms with E-state index in [0.717, 1.165) is 6.08 Å². The molecule has 0 spiro atoms. The van der Waals surface area contributed by atoms with E-state index in [1.165, 1.54) is 6.20 Å². The Bertz CT molecular complexity index is 612. The lowest BCUT2D eigenvalue weighted by atomic mass is 10.2. The van der Waals surface area contributed by atoms with Gasteiger partial charge in [0.15, 0.2) is 12.4 Å². The maximum absolute atomic E-state index is 11.7. The number of nitrogens with zero attached hydrogens (tertiary/aromatic N) is 1. The van der Waals surface area contributed by atoms with Crippen LogP contribution in [0.5, 0.6) is 0 Å². The zero-order chi connectivity index (χ0) is 18.8. The average Bonchev–Trinajstić information content (AvgIpc) is 3.10. The highest BCUT2D eigenvalue weighted by Crippen LogP contribution is 2.07. The van der Waals surface area contributed by atoms with E-state index in [0.29, 0.717) is 0 Å². The van der Waals surface area contributed by atoms with Crippen molar-refractivity contribution in [1.29, 1.82) is 0 Å². The standard InChI is InChI=1S/C15H20N2O8/c1-3-12(19)22-8-11-5-17-13(25-11)15(21)24-7-10(18)6-23-14(20)9(2)4-16/h3,5,9-10,18H,1,4,6-8,16H2,2H3. The van der Waals surface area contributed by atoms with E-state index < -0.39 is 36.5 Å². The Morgan fingerprint density at radius 3 is 2.68 bits per heavy atom. The fourth-order valence-corrected chi connectivity index (χ4v) is 1.37. The molecule has 0 saturated heterocycles. The van der Waals surface area contributed by atoms with Crippen molar-refractivity contribution in [2.75, 3.05) is 19.8 Å². The Morgan fingerprint density at radius 2 is 2.04 bits per heavy atom. The van der Waals surface area contributed by atoms with Gasteiger partial charge in [0.25, 0.3) is 0 Å². The van der Waals surface area contributed by atoms with E-state index in [-0.39, 0.29) is 31.4 Å². The van der Waals surface area contributed by atoms with Crippen LogP contribution in [0.15, 0.2) is 23.3 Å². The molecule has 3 N–H and O–H groups in total. The number of carbonyl (C=O) groups is 3. The number of aliphatic hydroxyl groups excluding tert-OH is 1. The lowest BCUT2D eigenvalue weighted by Gasteiger charge is -2.13. The molecule has 10 heteroatoms. The summed E-state index contributed by atoms with van der Waals surface area (Å²) in [4.78, 5) is 37.7. The smallest absolute Gasteiger partial charge is 0.394 e. The minimum absolute atomic E-state index is 0.124. The molecule has 2 atom stereocenters. The minimum atomic E-state index is -1.21. The van der Waals surface area contributed by atoms with Crippen molar-refractivity contribution in [1.82, 2.24) is 4.98 Å². The molecule has 2 unspecified atom stereocenters. The predicted octanol–water partition coefficient (Wildman–Crippen LogP) is -0.440. The average molecular weight is 356 g/mol. The van der Waals surface area contributed by atoms with E-state index in [2.05, 4.69) is 11.6 Å². The van der Waals surface area contributed by atoms with Crippen molar-refractivity contribution in [3.05, 3.63) is 30.5 Å². The molecular formula is C15H20N2O8. The number of aromatic nitrogens is 1. The molecule has 1 aromatic rings. The van der Waals surface area contributed by atoms with Gasteiger partial charge < -0.3 is 29.5 Å². The highest BCUT2D eigenvalue weighted by molar-refractivity contribution is 5.84. The van der Waals surface area contributed by atoms with Crippen LogP contribution in [0.3, 0.4) is 0 Å². The van der Waals surface area contributed by atoms with Crippen LogP contribution in [0, 0.1) is 5.92 Å². The lowest BCUT2D eigenvalue weighted by molar-refractivity contribution is -0.151. The van der Waals surface area contributed by atoms with Crippen LogP contribution in [0.1, 0.15) is 23.4 Å². The van der Waals surface area contributed by atoms with Gasteiger partial charge in [-0.3, -0.25) is 4.79 Å². The second-order valence-corrected chi connectivity index (χ2v) is 4.96. The SMILES string of the molecule is C=CC(=O)OCc1cnc(C(=O)OCC(O)COC(=O)C(C)CN)o1. The zero-order valence-electron chi connectivity index (χ0n) is 13.7. The molecule has 0 fully saturated rings. The maximum Gasteiger partial charge on any atom is 0.394 e. The van der Waals surface area contributed by atoms with Gasteiger partial charge in [-0.1, -0.05) is 13.5 Å². The normalized spacial score (nSPS) is 12.8. The third-order valence-electron chi connectivity index (χ3n) is 2.83. The molecule has 25 heavy (non-hydrogen) atoms. The summed E-state index contributed by atoms with van der Waals surface area (Å²) in [6, 6.07) is 0. The van der Waals surface area contributed by atoms with Crippen molar-refractivity contribution in [2.45, 2.75) is 19.6 Å². The molecule has 0 aliphatic heterocycles. The first kappa shape index (κ1) is 20.3. The van der Waals surface area contributed by atoms with Gasteiger partial charge in [-0.25, -0.2) is 14.6 Å². The quantitative estimate of drug-likeness (QED) is 0.320. The molecule has 0 aliphatic rings. The Labute approximate surface area is 143 Å². The lowest BCUT2D eigenvalue weighted by Crippen LogP contribution is -2.29. The highest BCUT2D eigenvalue weighted by atomic mass is 16.6. The second-order valence-electron chi connectivity index (χ2n) is 4.96. The number of esters is 3. The summed E-state index contributed by atoms with van der Waals surface area (Å²) in [5.74, 6) is -2.86. The molecule has 10 nitrogen and oxygen atoms in total. The number of nitrogens with two attached hydrogens (primary N) is 1. The van der Waals surface area contributed by atoms with Crippen LogP contribution in [-0.2, 0) is 30.4 Å². The first-order valence-corrected chi connectivity index (χ1v) is 7.33. The monoisotopic (exact) mass is 356 g/mol.